The van der Waals surface area contributed by atoms with Gasteiger partial charge in [-0.05, 0) is 43.0 Å². The summed E-state index contributed by atoms with van der Waals surface area (Å²) in [6, 6.07) is 7.29. The van der Waals surface area contributed by atoms with Crippen molar-refractivity contribution in [2.75, 3.05) is 34.0 Å². The summed E-state index contributed by atoms with van der Waals surface area (Å²) >= 11 is 0. The van der Waals surface area contributed by atoms with E-state index in [1.807, 2.05) is 26.0 Å². The first kappa shape index (κ1) is 29.3. The van der Waals surface area contributed by atoms with Crippen LogP contribution < -0.4 is 15.1 Å². The van der Waals surface area contributed by atoms with E-state index in [9.17, 15) is 4.79 Å². The van der Waals surface area contributed by atoms with Crippen molar-refractivity contribution in [1.29, 1.82) is 5.41 Å². The van der Waals surface area contributed by atoms with Gasteiger partial charge in [0.2, 0.25) is 11.5 Å². The van der Waals surface area contributed by atoms with Gasteiger partial charge in [-0.1, -0.05) is 20.8 Å². The second-order valence-corrected chi connectivity index (χ2v) is 9.39. The number of hydrogen-bond donors (Lipinski definition) is 1. The van der Waals surface area contributed by atoms with Crippen molar-refractivity contribution < 1.29 is 23.7 Å². The molecule has 0 saturated carbocycles. The second-order valence-electron chi connectivity index (χ2n) is 9.39. The SMILES string of the molecule is CCOc1cc(C)c2nn(CC(=O)c3cc(OC(COC)COC)cc(C(C)(C)C)c3)c(=N)n2n1.Cl. The highest BCUT2D eigenvalue weighted by Crippen LogP contribution is 2.29. The molecule has 11 heteroatoms. The Balaban J connectivity index is 0.00000456. The predicted molar refractivity (Wildman–Crippen MR) is 138 cm³/mol. The lowest BCUT2D eigenvalue weighted by Crippen LogP contribution is -2.28. The number of nitrogens with zero attached hydrogens (tertiary/aromatic N) is 4. The van der Waals surface area contributed by atoms with Gasteiger partial charge in [-0.2, -0.15) is 4.52 Å². The summed E-state index contributed by atoms with van der Waals surface area (Å²) in [6.07, 6.45) is -0.315. The largest absolute Gasteiger partial charge is 0.486 e. The van der Waals surface area contributed by atoms with Crippen LogP contribution in [0.5, 0.6) is 11.6 Å². The van der Waals surface area contributed by atoms with Gasteiger partial charge in [0.15, 0.2) is 11.4 Å². The molecule has 0 aliphatic heterocycles. The van der Waals surface area contributed by atoms with Crippen molar-refractivity contribution in [2.24, 2.45) is 0 Å². The Kier molecular flexibility index (Phi) is 10.0. The highest BCUT2D eigenvalue weighted by molar-refractivity contribution is 5.96. The Labute approximate surface area is 217 Å². The fourth-order valence-corrected chi connectivity index (χ4v) is 3.63. The molecule has 0 bridgehead atoms. The van der Waals surface area contributed by atoms with E-state index >= 15 is 0 Å². The minimum Gasteiger partial charge on any atom is -0.486 e. The zero-order valence-corrected chi connectivity index (χ0v) is 22.8. The Morgan fingerprint density at radius 3 is 2.33 bits per heavy atom. The fraction of sp³-hybridized carbons (Fsp3) is 0.520. The Hall–Kier alpha value is -2.95. The van der Waals surface area contributed by atoms with E-state index in [1.54, 1.807) is 26.4 Å². The van der Waals surface area contributed by atoms with Gasteiger partial charge in [-0.25, -0.2) is 4.68 Å². The van der Waals surface area contributed by atoms with Gasteiger partial charge in [-0.3, -0.25) is 10.2 Å². The minimum absolute atomic E-state index is 0. The highest BCUT2D eigenvalue weighted by Gasteiger charge is 2.21. The molecule has 0 unspecified atom stereocenters. The number of hydrogen-bond acceptors (Lipinski definition) is 8. The van der Waals surface area contributed by atoms with Gasteiger partial charge in [0.1, 0.15) is 18.4 Å². The third kappa shape index (κ3) is 6.83. The van der Waals surface area contributed by atoms with E-state index in [4.69, 9.17) is 24.4 Å². The summed E-state index contributed by atoms with van der Waals surface area (Å²) in [5.41, 5.74) is 2.51. The minimum atomic E-state index is -0.315. The molecular formula is C25H36ClN5O5. The molecule has 0 aliphatic carbocycles. The number of methoxy groups -OCH3 is 2. The molecule has 0 radical (unpaired) electrons. The third-order valence-electron chi connectivity index (χ3n) is 5.44. The molecule has 0 amide bonds. The van der Waals surface area contributed by atoms with Crippen LogP contribution in [-0.4, -0.2) is 65.3 Å². The molecule has 0 saturated heterocycles. The molecule has 0 spiro atoms. The Bertz CT molecular complexity index is 1240. The van der Waals surface area contributed by atoms with Crippen LogP contribution in [0, 0.1) is 12.3 Å². The normalized spacial score (nSPS) is 11.6. The van der Waals surface area contributed by atoms with Crippen LogP contribution in [-0.2, 0) is 21.4 Å². The smallest absolute Gasteiger partial charge is 0.242 e. The lowest BCUT2D eigenvalue weighted by Gasteiger charge is -2.23. The summed E-state index contributed by atoms with van der Waals surface area (Å²) in [7, 11) is 3.20. The molecule has 36 heavy (non-hydrogen) atoms. The first-order chi connectivity index (χ1) is 16.6. The lowest BCUT2D eigenvalue weighted by molar-refractivity contribution is 0.0244. The maximum atomic E-state index is 13.4. The number of aryl methyl sites for hydroxylation is 1. The van der Waals surface area contributed by atoms with Gasteiger partial charge >= 0.3 is 0 Å². The highest BCUT2D eigenvalue weighted by atomic mass is 35.5. The molecule has 0 atom stereocenters. The first-order valence-electron chi connectivity index (χ1n) is 11.6. The summed E-state index contributed by atoms with van der Waals surface area (Å²) in [4.78, 5) is 13.4. The Morgan fingerprint density at radius 2 is 1.75 bits per heavy atom. The monoisotopic (exact) mass is 521 g/mol. The van der Waals surface area contributed by atoms with E-state index in [0.717, 1.165) is 11.1 Å². The maximum absolute atomic E-state index is 13.4. The number of rotatable bonds is 11. The molecule has 2 aromatic heterocycles. The van der Waals surface area contributed by atoms with Gasteiger partial charge in [0.25, 0.3) is 0 Å². The lowest BCUT2D eigenvalue weighted by atomic mass is 9.85. The number of ketones is 1. The summed E-state index contributed by atoms with van der Waals surface area (Å²) < 4.78 is 24.8. The van der Waals surface area contributed by atoms with E-state index in [0.29, 0.717) is 42.7 Å². The summed E-state index contributed by atoms with van der Waals surface area (Å²) in [5, 5.41) is 17.3. The van der Waals surface area contributed by atoms with E-state index in [-0.39, 0.29) is 41.9 Å². The molecule has 0 aliphatic rings. The van der Waals surface area contributed by atoms with Crippen LogP contribution in [0.15, 0.2) is 24.3 Å². The molecule has 2 heterocycles. The van der Waals surface area contributed by atoms with Crippen molar-refractivity contribution >= 4 is 23.8 Å². The maximum Gasteiger partial charge on any atom is 0.242 e. The van der Waals surface area contributed by atoms with Crippen LogP contribution in [0.1, 0.15) is 49.2 Å². The number of nitrogens with one attached hydrogen (secondary N) is 1. The average molecular weight is 522 g/mol. The summed E-state index contributed by atoms with van der Waals surface area (Å²) in [6.45, 7) is 11.0. The van der Waals surface area contributed by atoms with Crippen LogP contribution in [0.4, 0.5) is 0 Å². The number of carbonyl (C=O) groups is 1. The van der Waals surface area contributed by atoms with E-state index in [2.05, 4.69) is 31.0 Å². The van der Waals surface area contributed by atoms with E-state index < -0.39 is 0 Å². The topological polar surface area (TPSA) is 113 Å². The second kappa shape index (κ2) is 12.3. The number of aromatic nitrogens is 4. The molecular weight excluding hydrogens is 486 g/mol. The van der Waals surface area contributed by atoms with Crippen LogP contribution in [0.25, 0.3) is 5.65 Å². The standard InChI is InChI=1S/C25H35N5O5.ClH/c1-8-34-22-9-16(2)23-28-29(24(26)30(23)27-22)13-21(31)17-10-18(25(3,4)5)12-19(11-17)35-20(14-32-6)15-33-7;/h9-12,20,26H,8,13-15H2,1-7H3;1H. The van der Waals surface area contributed by atoms with Crippen molar-refractivity contribution in [3.05, 3.63) is 46.6 Å². The van der Waals surface area contributed by atoms with Crippen LogP contribution >= 0.6 is 12.4 Å². The zero-order chi connectivity index (χ0) is 25.8. The molecule has 10 nitrogen and oxygen atoms in total. The predicted octanol–water partition coefficient (Wildman–Crippen LogP) is 3.36. The first-order valence-corrected chi connectivity index (χ1v) is 11.6. The fourth-order valence-electron chi connectivity index (χ4n) is 3.63. The van der Waals surface area contributed by atoms with Crippen LogP contribution in [0.3, 0.4) is 0 Å². The van der Waals surface area contributed by atoms with Crippen LogP contribution in [0.2, 0.25) is 0 Å². The average Bonchev–Trinajstić information content (AvgIpc) is 3.09. The van der Waals surface area contributed by atoms with Crippen molar-refractivity contribution in [2.45, 2.75) is 52.7 Å². The quantitative estimate of drug-likeness (QED) is 0.385. The van der Waals surface area contributed by atoms with Gasteiger partial charge in [0.05, 0.1) is 19.8 Å². The number of Topliss-reactive ketones (excluding diaryl/α,β-unsaturated/α-hetero) is 1. The number of ether oxygens (including phenoxy) is 4. The molecule has 3 rings (SSSR count). The molecule has 1 N–H and O–H groups in total. The number of carbonyl (C=O) groups excluding carboxylic acids is 1. The van der Waals surface area contributed by atoms with E-state index in [1.165, 1.54) is 9.20 Å². The van der Waals surface area contributed by atoms with Gasteiger partial charge in [-0.15, -0.1) is 22.6 Å². The molecule has 3 aromatic rings. The molecule has 0 fully saturated rings. The Morgan fingerprint density at radius 1 is 1.08 bits per heavy atom. The zero-order valence-electron chi connectivity index (χ0n) is 22.0. The molecule has 198 valence electrons. The van der Waals surface area contributed by atoms with Gasteiger partial charge < -0.3 is 18.9 Å². The third-order valence-corrected chi connectivity index (χ3v) is 5.44. The summed E-state index contributed by atoms with van der Waals surface area (Å²) in [5.74, 6) is 0.772. The molecule has 1 aromatic carbocycles. The van der Waals surface area contributed by atoms with Crippen molar-refractivity contribution in [3.63, 3.8) is 0 Å². The number of fused-ring (bicyclic) bond motifs is 1. The van der Waals surface area contributed by atoms with Gasteiger partial charge in [0, 0.05) is 31.4 Å². The number of benzene rings is 1. The van der Waals surface area contributed by atoms with Crippen molar-refractivity contribution in [3.8, 4) is 11.6 Å². The van der Waals surface area contributed by atoms with Crippen molar-refractivity contribution in [1.82, 2.24) is 19.4 Å². The number of halogens is 1.